The second kappa shape index (κ2) is 6.93. The van der Waals surface area contributed by atoms with Gasteiger partial charge in [-0.05, 0) is 30.5 Å². The largest absolute Gasteiger partial charge is 0.496 e. The van der Waals surface area contributed by atoms with Gasteiger partial charge in [0.15, 0.2) is 5.69 Å². The highest BCUT2D eigenvalue weighted by Gasteiger charge is 2.14. The molecule has 0 N–H and O–H groups in total. The van der Waals surface area contributed by atoms with Crippen LogP contribution < -0.4 is 4.74 Å². The number of hydrogen-bond donors (Lipinski definition) is 0. The highest BCUT2D eigenvalue weighted by Crippen LogP contribution is 2.26. The Morgan fingerprint density at radius 2 is 2.13 bits per heavy atom. The average molecular weight is 345 g/mol. The van der Waals surface area contributed by atoms with Gasteiger partial charge in [0, 0.05) is 21.9 Å². The molecular weight excluding hydrogens is 330 g/mol. The van der Waals surface area contributed by atoms with Gasteiger partial charge in [0.05, 0.1) is 7.11 Å². The van der Waals surface area contributed by atoms with Crippen molar-refractivity contribution in [3.8, 4) is 16.3 Å². The third kappa shape index (κ3) is 3.60. The summed E-state index contributed by atoms with van der Waals surface area (Å²) in [6, 6.07) is 7.76. The summed E-state index contributed by atoms with van der Waals surface area (Å²) < 4.78 is 10.7. The van der Waals surface area contributed by atoms with Gasteiger partial charge in [-0.3, -0.25) is 0 Å². The number of methoxy groups -OCH3 is 1. The summed E-state index contributed by atoms with van der Waals surface area (Å²) in [5.74, 6) is 0.284. The monoisotopic (exact) mass is 345 g/mol. The first-order chi connectivity index (χ1) is 11.2. The van der Waals surface area contributed by atoms with Gasteiger partial charge in [-0.25, -0.2) is 9.78 Å². The predicted molar refractivity (Wildman–Crippen MR) is 92.3 cm³/mol. The number of nitrogens with zero attached hydrogens (tertiary/aromatic N) is 1. The van der Waals surface area contributed by atoms with Crippen LogP contribution in [0, 0.1) is 6.92 Å². The molecule has 0 saturated carbocycles. The number of carbonyl (C=O) groups is 1. The number of ether oxygens (including phenoxy) is 2. The fraction of sp³-hybridized carbons (Fsp3) is 0.176. The first-order valence-corrected chi connectivity index (χ1v) is 8.78. The normalized spacial score (nSPS) is 10.5. The van der Waals surface area contributed by atoms with Crippen molar-refractivity contribution in [2.24, 2.45) is 0 Å². The Kier molecular flexibility index (Phi) is 4.73. The molecule has 4 nitrogen and oxygen atoms in total. The van der Waals surface area contributed by atoms with Crippen molar-refractivity contribution in [2.75, 3.05) is 7.11 Å². The Labute approximate surface area is 142 Å². The molecule has 23 heavy (non-hydrogen) atoms. The molecular formula is C17H15NO3S2. The molecule has 3 rings (SSSR count). The Morgan fingerprint density at radius 1 is 1.26 bits per heavy atom. The lowest BCUT2D eigenvalue weighted by Crippen LogP contribution is -2.06. The van der Waals surface area contributed by atoms with Crippen LogP contribution in [0.5, 0.6) is 5.75 Å². The number of thiazole rings is 1. The van der Waals surface area contributed by atoms with E-state index in [0.717, 1.165) is 21.7 Å². The molecule has 0 spiro atoms. The van der Waals surface area contributed by atoms with Gasteiger partial charge in [0.1, 0.15) is 17.4 Å². The van der Waals surface area contributed by atoms with E-state index in [1.54, 1.807) is 23.8 Å². The van der Waals surface area contributed by atoms with Gasteiger partial charge < -0.3 is 9.47 Å². The molecule has 0 fully saturated rings. The molecule has 1 aromatic carbocycles. The maximum absolute atomic E-state index is 12.2. The minimum atomic E-state index is -0.425. The summed E-state index contributed by atoms with van der Waals surface area (Å²) in [5, 5.41) is 6.54. The van der Waals surface area contributed by atoms with Gasteiger partial charge in [0.2, 0.25) is 0 Å². The second-order valence-corrected chi connectivity index (χ2v) is 6.58. The minimum absolute atomic E-state index is 0.162. The van der Waals surface area contributed by atoms with E-state index < -0.39 is 5.97 Å². The maximum Gasteiger partial charge on any atom is 0.358 e. The van der Waals surface area contributed by atoms with Gasteiger partial charge >= 0.3 is 5.97 Å². The molecule has 0 amide bonds. The van der Waals surface area contributed by atoms with Crippen LogP contribution in [0.25, 0.3) is 10.6 Å². The van der Waals surface area contributed by atoms with Crippen LogP contribution in [0.3, 0.4) is 0 Å². The fourth-order valence-electron chi connectivity index (χ4n) is 2.12. The number of hydrogen-bond acceptors (Lipinski definition) is 6. The SMILES string of the molecule is COc1ccc(C)cc1COC(=O)c1csc(-c2ccsc2)n1. The Morgan fingerprint density at radius 3 is 2.87 bits per heavy atom. The van der Waals surface area contributed by atoms with Crippen molar-refractivity contribution in [3.63, 3.8) is 0 Å². The summed E-state index contributed by atoms with van der Waals surface area (Å²) in [6.45, 7) is 2.15. The van der Waals surface area contributed by atoms with Crippen LogP contribution in [-0.4, -0.2) is 18.1 Å². The number of aryl methyl sites for hydroxylation is 1. The van der Waals surface area contributed by atoms with E-state index in [0.29, 0.717) is 11.4 Å². The first-order valence-electron chi connectivity index (χ1n) is 6.96. The van der Waals surface area contributed by atoms with Gasteiger partial charge in [-0.15, -0.1) is 11.3 Å². The Balaban J connectivity index is 1.69. The smallest absolute Gasteiger partial charge is 0.358 e. The fourth-order valence-corrected chi connectivity index (χ4v) is 3.63. The molecule has 6 heteroatoms. The van der Waals surface area contributed by atoms with Crippen molar-refractivity contribution in [1.29, 1.82) is 0 Å². The first kappa shape index (κ1) is 15.7. The number of benzene rings is 1. The number of rotatable bonds is 5. The lowest BCUT2D eigenvalue weighted by Gasteiger charge is -2.09. The summed E-state index contributed by atoms with van der Waals surface area (Å²) in [6.07, 6.45) is 0. The zero-order valence-corrected chi connectivity index (χ0v) is 14.4. The van der Waals surface area contributed by atoms with Gasteiger partial charge in [-0.2, -0.15) is 11.3 Å². The highest BCUT2D eigenvalue weighted by molar-refractivity contribution is 7.14. The third-order valence-electron chi connectivity index (χ3n) is 3.28. The lowest BCUT2D eigenvalue weighted by molar-refractivity contribution is 0.0464. The van der Waals surface area contributed by atoms with Gasteiger partial charge in [0.25, 0.3) is 0 Å². The quantitative estimate of drug-likeness (QED) is 0.637. The van der Waals surface area contributed by atoms with Crippen LogP contribution in [0.4, 0.5) is 0 Å². The lowest BCUT2D eigenvalue weighted by atomic mass is 10.1. The molecule has 3 aromatic rings. The molecule has 0 saturated heterocycles. The summed E-state index contributed by atoms with van der Waals surface area (Å²) in [4.78, 5) is 16.5. The van der Waals surface area contributed by atoms with E-state index in [9.17, 15) is 4.79 Å². The molecule has 0 aliphatic carbocycles. The topological polar surface area (TPSA) is 48.4 Å². The number of thiophene rings is 1. The molecule has 2 aromatic heterocycles. The predicted octanol–water partition coefficient (Wildman–Crippen LogP) is 4.55. The molecule has 2 heterocycles. The average Bonchev–Trinajstić information content (AvgIpc) is 3.23. The second-order valence-electron chi connectivity index (χ2n) is 4.94. The van der Waals surface area contributed by atoms with E-state index >= 15 is 0 Å². The van der Waals surface area contributed by atoms with Crippen LogP contribution in [0.1, 0.15) is 21.6 Å². The van der Waals surface area contributed by atoms with Crippen molar-refractivity contribution in [3.05, 3.63) is 57.2 Å². The molecule has 118 valence electrons. The Bertz CT molecular complexity index is 809. The van der Waals surface area contributed by atoms with Crippen LogP contribution in [0.2, 0.25) is 0 Å². The molecule has 0 unspecified atom stereocenters. The van der Waals surface area contributed by atoms with Crippen LogP contribution >= 0.6 is 22.7 Å². The van der Waals surface area contributed by atoms with E-state index in [1.165, 1.54) is 11.3 Å². The zero-order valence-electron chi connectivity index (χ0n) is 12.7. The minimum Gasteiger partial charge on any atom is -0.496 e. The summed E-state index contributed by atoms with van der Waals surface area (Å²) >= 11 is 3.04. The van der Waals surface area contributed by atoms with E-state index in [1.807, 2.05) is 41.9 Å². The third-order valence-corrected chi connectivity index (χ3v) is 4.85. The van der Waals surface area contributed by atoms with Crippen molar-refractivity contribution >= 4 is 28.6 Å². The molecule has 0 radical (unpaired) electrons. The number of carbonyl (C=O) groups excluding carboxylic acids is 1. The van der Waals surface area contributed by atoms with Gasteiger partial charge in [-0.1, -0.05) is 11.6 Å². The molecule has 0 aliphatic heterocycles. The molecule has 0 aliphatic rings. The zero-order chi connectivity index (χ0) is 16.2. The van der Waals surface area contributed by atoms with Crippen LogP contribution in [-0.2, 0) is 11.3 Å². The maximum atomic E-state index is 12.2. The van der Waals surface area contributed by atoms with Crippen molar-refractivity contribution in [1.82, 2.24) is 4.98 Å². The highest BCUT2D eigenvalue weighted by atomic mass is 32.1. The van der Waals surface area contributed by atoms with Crippen LogP contribution in [0.15, 0.2) is 40.4 Å². The summed E-state index contributed by atoms with van der Waals surface area (Å²) in [7, 11) is 1.60. The Hall–Kier alpha value is -2.18. The van der Waals surface area contributed by atoms with E-state index in [2.05, 4.69) is 4.98 Å². The van der Waals surface area contributed by atoms with E-state index in [4.69, 9.17) is 9.47 Å². The number of esters is 1. The van der Waals surface area contributed by atoms with Crippen molar-refractivity contribution < 1.29 is 14.3 Å². The molecule has 0 bridgehead atoms. The summed E-state index contributed by atoms with van der Waals surface area (Å²) in [5.41, 5.74) is 3.29. The number of aromatic nitrogens is 1. The van der Waals surface area contributed by atoms with E-state index in [-0.39, 0.29) is 6.61 Å². The van der Waals surface area contributed by atoms with Crippen molar-refractivity contribution in [2.45, 2.75) is 13.5 Å². The molecule has 0 atom stereocenters. The standard InChI is InChI=1S/C17H15NO3S2/c1-11-3-4-15(20-2)13(7-11)8-21-17(19)14-10-23-16(18-14)12-5-6-22-9-12/h3-7,9-10H,8H2,1-2H3.